The Labute approximate surface area is 182 Å². The van der Waals surface area contributed by atoms with E-state index in [2.05, 4.69) is 4.90 Å². The standard InChI is InChI=1S/C23H26Cl2N2O2/c1-26(20-8-2-3-10-22(20)29-18-6-4-7-18)23(28)21-9-5-13-27(21)15-16-14-17(24)11-12-19(16)25/h2-3,8,10-12,14,18,21H,4-7,9,13,15H2,1H3. The van der Waals surface area contributed by atoms with Crippen LogP contribution in [0.5, 0.6) is 5.75 Å². The molecule has 1 saturated carbocycles. The van der Waals surface area contributed by atoms with Crippen LogP contribution in [0.3, 0.4) is 0 Å². The van der Waals surface area contributed by atoms with Crippen molar-refractivity contribution in [3.8, 4) is 5.75 Å². The predicted octanol–water partition coefficient (Wildman–Crippen LogP) is 5.55. The van der Waals surface area contributed by atoms with E-state index in [9.17, 15) is 4.79 Å². The summed E-state index contributed by atoms with van der Waals surface area (Å²) in [6.07, 6.45) is 5.49. The van der Waals surface area contributed by atoms with Gasteiger partial charge in [-0.1, -0.05) is 35.3 Å². The van der Waals surface area contributed by atoms with Crippen molar-refractivity contribution in [3.05, 3.63) is 58.1 Å². The SMILES string of the molecule is CN(C(=O)C1CCCN1Cc1cc(Cl)ccc1Cl)c1ccccc1OC1CCC1. The number of para-hydroxylation sites is 2. The Kier molecular flexibility index (Phi) is 6.33. The molecule has 29 heavy (non-hydrogen) atoms. The van der Waals surface area contributed by atoms with Crippen LogP contribution >= 0.6 is 23.2 Å². The second-order valence-corrected chi connectivity index (χ2v) is 8.74. The van der Waals surface area contributed by atoms with Crippen LogP contribution in [0.25, 0.3) is 0 Å². The fourth-order valence-corrected chi connectivity index (χ4v) is 4.39. The van der Waals surface area contributed by atoms with E-state index < -0.39 is 0 Å². The third-order valence-corrected chi connectivity index (χ3v) is 6.54. The smallest absolute Gasteiger partial charge is 0.244 e. The molecule has 1 amide bonds. The molecule has 154 valence electrons. The first kappa shape index (κ1) is 20.5. The molecular formula is C23H26Cl2N2O2. The number of rotatable bonds is 6. The number of benzene rings is 2. The zero-order valence-electron chi connectivity index (χ0n) is 16.6. The molecule has 1 saturated heterocycles. The minimum Gasteiger partial charge on any atom is -0.488 e. The van der Waals surface area contributed by atoms with Crippen LogP contribution in [-0.2, 0) is 11.3 Å². The summed E-state index contributed by atoms with van der Waals surface area (Å²) in [6, 6.07) is 13.1. The number of ether oxygens (including phenoxy) is 1. The molecule has 1 atom stereocenters. The van der Waals surface area contributed by atoms with Crippen molar-refractivity contribution in [1.82, 2.24) is 4.90 Å². The van der Waals surface area contributed by atoms with Gasteiger partial charge in [0.15, 0.2) is 0 Å². The number of halogens is 2. The summed E-state index contributed by atoms with van der Waals surface area (Å²) in [6.45, 7) is 1.48. The third-order valence-electron chi connectivity index (χ3n) is 5.93. The quantitative estimate of drug-likeness (QED) is 0.599. The molecule has 1 heterocycles. The first-order valence-electron chi connectivity index (χ1n) is 10.2. The van der Waals surface area contributed by atoms with Crippen LogP contribution in [0, 0.1) is 0 Å². The molecule has 2 aromatic carbocycles. The number of carbonyl (C=O) groups excluding carboxylic acids is 1. The number of likely N-dealkylation sites (tertiary alicyclic amines) is 1. The number of carbonyl (C=O) groups is 1. The van der Waals surface area contributed by atoms with Crippen LogP contribution in [0.2, 0.25) is 10.0 Å². The van der Waals surface area contributed by atoms with Gasteiger partial charge in [0.25, 0.3) is 0 Å². The lowest BCUT2D eigenvalue weighted by atomic mass is 9.96. The molecule has 6 heteroatoms. The van der Waals surface area contributed by atoms with Gasteiger partial charge in [0.1, 0.15) is 5.75 Å². The lowest BCUT2D eigenvalue weighted by Gasteiger charge is -2.31. The van der Waals surface area contributed by atoms with Crippen LogP contribution in [0.1, 0.15) is 37.7 Å². The van der Waals surface area contributed by atoms with Gasteiger partial charge in [0.2, 0.25) is 5.91 Å². The first-order chi connectivity index (χ1) is 14.0. The topological polar surface area (TPSA) is 32.8 Å². The molecular weight excluding hydrogens is 407 g/mol. The van der Waals surface area contributed by atoms with E-state index in [0.717, 1.165) is 49.2 Å². The maximum absolute atomic E-state index is 13.4. The van der Waals surface area contributed by atoms with Crippen molar-refractivity contribution in [1.29, 1.82) is 0 Å². The van der Waals surface area contributed by atoms with Gasteiger partial charge in [-0.2, -0.15) is 0 Å². The van der Waals surface area contributed by atoms with E-state index in [-0.39, 0.29) is 18.1 Å². The van der Waals surface area contributed by atoms with Crippen molar-refractivity contribution in [3.63, 3.8) is 0 Å². The number of nitrogens with zero attached hydrogens (tertiary/aromatic N) is 2. The Bertz CT molecular complexity index is 885. The maximum atomic E-state index is 13.4. The van der Waals surface area contributed by atoms with E-state index in [0.29, 0.717) is 16.6 Å². The summed E-state index contributed by atoms with van der Waals surface area (Å²) in [5.41, 5.74) is 1.78. The van der Waals surface area contributed by atoms with Gasteiger partial charge in [-0.3, -0.25) is 9.69 Å². The minimum atomic E-state index is -0.174. The fourth-order valence-electron chi connectivity index (χ4n) is 4.02. The predicted molar refractivity (Wildman–Crippen MR) is 118 cm³/mol. The number of amides is 1. The first-order valence-corrected chi connectivity index (χ1v) is 11.0. The highest BCUT2D eigenvalue weighted by molar-refractivity contribution is 6.33. The largest absolute Gasteiger partial charge is 0.488 e. The monoisotopic (exact) mass is 432 g/mol. The summed E-state index contributed by atoms with van der Waals surface area (Å²) >= 11 is 12.5. The van der Waals surface area contributed by atoms with E-state index in [1.165, 1.54) is 6.42 Å². The molecule has 2 fully saturated rings. The lowest BCUT2D eigenvalue weighted by Crippen LogP contribution is -2.44. The summed E-state index contributed by atoms with van der Waals surface area (Å²) < 4.78 is 6.13. The summed E-state index contributed by atoms with van der Waals surface area (Å²) in [4.78, 5) is 17.3. The zero-order chi connectivity index (χ0) is 20.4. The molecule has 4 rings (SSSR count). The van der Waals surface area contributed by atoms with Crippen LogP contribution < -0.4 is 9.64 Å². The van der Waals surface area contributed by atoms with Crippen molar-refractivity contribution >= 4 is 34.8 Å². The molecule has 4 nitrogen and oxygen atoms in total. The number of anilines is 1. The van der Waals surface area contributed by atoms with E-state index in [4.69, 9.17) is 27.9 Å². The lowest BCUT2D eigenvalue weighted by molar-refractivity contribution is -0.122. The molecule has 2 aromatic rings. The Morgan fingerprint density at radius 2 is 1.93 bits per heavy atom. The van der Waals surface area contributed by atoms with E-state index in [1.54, 1.807) is 11.0 Å². The van der Waals surface area contributed by atoms with E-state index >= 15 is 0 Å². The number of likely N-dealkylation sites (N-methyl/N-ethyl adjacent to an activating group) is 1. The maximum Gasteiger partial charge on any atom is 0.244 e. The highest BCUT2D eigenvalue weighted by Gasteiger charge is 2.34. The number of hydrogen-bond donors (Lipinski definition) is 0. The van der Waals surface area contributed by atoms with Crippen molar-refractivity contribution in [2.24, 2.45) is 0 Å². The van der Waals surface area contributed by atoms with Gasteiger partial charge in [-0.25, -0.2) is 0 Å². The van der Waals surface area contributed by atoms with Crippen LogP contribution in [0.15, 0.2) is 42.5 Å². The number of hydrogen-bond acceptors (Lipinski definition) is 3. The average Bonchev–Trinajstić information content (AvgIpc) is 3.15. The van der Waals surface area contributed by atoms with Crippen molar-refractivity contribution < 1.29 is 9.53 Å². The van der Waals surface area contributed by atoms with Gasteiger partial charge in [-0.15, -0.1) is 0 Å². The summed E-state index contributed by atoms with van der Waals surface area (Å²) in [5, 5.41) is 1.34. The highest BCUT2D eigenvalue weighted by Crippen LogP contribution is 2.34. The van der Waals surface area contributed by atoms with Crippen LogP contribution in [0.4, 0.5) is 5.69 Å². The Hall–Kier alpha value is -1.75. The molecule has 1 aliphatic carbocycles. The highest BCUT2D eigenvalue weighted by atomic mass is 35.5. The molecule has 0 aromatic heterocycles. The van der Waals surface area contributed by atoms with E-state index in [1.807, 2.05) is 43.4 Å². The van der Waals surface area contributed by atoms with Crippen LogP contribution in [-0.4, -0.2) is 36.5 Å². The zero-order valence-corrected chi connectivity index (χ0v) is 18.1. The van der Waals surface area contributed by atoms with Crippen molar-refractivity contribution in [2.45, 2.75) is 50.8 Å². The molecule has 1 unspecified atom stereocenters. The average molecular weight is 433 g/mol. The molecule has 2 aliphatic rings. The molecule has 1 aliphatic heterocycles. The summed E-state index contributed by atoms with van der Waals surface area (Å²) in [7, 11) is 1.84. The van der Waals surface area contributed by atoms with Crippen molar-refractivity contribution in [2.75, 3.05) is 18.5 Å². The second-order valence-electron chi connectivity index (χ2n) is 7.90. The second kappa shape index (κ2) is 8.95. The Balaban J connectivity index is 1.50. The van der Waals surface area contributed by atoms with Gasteiger partial charge in [-0.05, 0) is 74.5 Å². The third kappa shape index (κ3) is 4.55. The minimum absolute atomic E-state index is 0.0882. The fraction of sp³-hybridized carbons (Fsp3) is 0.435. The molecule has 0 N–H and O–H groups in total. The normalized spacial score (nSPS) is 19.8. The van der Waals surface area contributed by atoms with Gasteiger partial charge in [0.05, 0.1) is 17.8 Å². The van der Waals surface area contributed by atoms with Gasteiger partial charge < -0.3 is 9.64 Å². The Morgan fingerprint density at radius 3 is 2.69 bits per heavy atom. The van der Waals surface area contributed by atoms with Gasteiger partial charge in [0, 0.05) is 23.6 Å². The molecule has 0 radical (unpaired) electrons. The Morgan fingerprint density at radius 1 is 1.14 bits per heavy atom. The van der Waals surface area contributed by atoms with Gasteiger partial charge >= 0.3 is 0 Å². The summed E-state index contributed by atoms with van der Waals surface area (Å²) in [5.74, 6) is 0.876. The molecule has 0 spiro atoms. The molecule has 0 bridgehead atoms.